The fourth-order valence-electron chi connectivity index (χ4n) is 3.45. The van der Waals surface area contributed by atoms with E-state index in [2.05, 4.69) is 36.0 Å². The van der Waals surface area contributed by atoms with Crippen LogP contribution >= 0.6 is 11.8 Å². The van der Waals surface area contributed by atoms with E-state index in [4.69, 9.17) is 9.15 Å². The maximum Gasteiger partial charge on any atom is 0.316 e. The van der Waals surface area contributed by atoms with Crippen LogP contribution in [0.25, 0.3) is 11.5 Å². The highest BCUT2D eigenvalue weighted by molar-refractivity contribution is 7.99. The number of aromatic nitrogens is 3. The third kappa shape index (κ3) is 4.84. The van der Waals surface area contributed by atoms with Crippen molar-refractivity contribution in [2.24, 2.45) is 17.8 Å². The van der Waals surface area contributed by atoms with Crippen molar-refractivity contribution in [3.05, 3.63) is 24.5 Å². The average molecular weight is 375 g/mol. The summed E-state index contributed by atoms with van der Waals surface area (Å²) in [6.45, 7) is 6.63. The van der Waals surface area contributed by atoms with Gasteiger partial charge in [0.2, 0.25) is 5.89 Å². The Labute approximate surface area is 158 Å². The summed E-state index contributed by atoms with van der Waals surface area (Å²) in [6, 6.07) is 3.60. The molecule has 3 atom stereocenters. The van der Waals surface area contributed by atoms with Crippen LogP contribution in [0, 0.1) is 17.8 Å². The van der Waals surface area contributed by atoms with Crippen LogP contribution in [-0.2, 0) is 9.53 Å². The normalized spacial score (nSPS) is 23.2. The molecular formula is C19H25N3O3S. The zero-order valence-electron chi connectivity index (χ0n) is 15.4. The number of esters is 1. The number of carbonyl (C=O) groups is 1. The molecule has 3 rings (SSSR count). The standard InChI is InChI=1S/C19H25N3O3S/c1-12(2)15-5-4-13(3)10-16(15)24-17(23)11-26-19-22-21-18(25-19)14-6-8-20-9-7-14/h6-9,12-13,15-16H,4-5,10-11H2,1-3H3. The van der Waals surface area contributed by atoms with E-state index in [1.807, 2.05) is 0 Å². The predicted molar refractivity (Wildman–Crippen MR) is 99.5 cm³/mol. The third-order valence-corrected chi connectivity index (χ3v) is 5.68. The second-order valence-electron chi connectivity index (χ2n) is 7.25. The highest BCUT2D eigenvalue weighted by atomic mass is 32.2. The Kier molecular flexibility index (Phi) is 6.29. The summed E-state index contributed by atoms with van der Waals surface area (Å²) in [4.78, 5) is 16.3. The second-order valence-corrected chi connectivity index (χ2v) is 8.18. The van der Waals surface area contributed by atoms with Crippen LogP contribution < -0.4 is 0 Å². The van der Waals surface area contributed by atoms with Gasteiger partial charge >= 0.3 is 5.97 Å². The van der Waals surface area contributed by atoms with Gasteiger partial charge in [-0.1, -0.05) is 39.0 Å². The summed E-state index contributed by atoms with van der Waals surface area (Å²) in [5, 5.41) is 8.36. The van der Waals surface area contributed by atoms with E-state index in [0.717, 1.165) is 18.4 Å². The van der Waals surface area contributed by atoms with Gasteiger partial charge in [-0.05, 0) is 42.7 Å². The smallest absolute Gasteiger partial charge is 0.316 e. The third-order valence-electron chi connectivity index (χ3n) is 4.89. The maximum atomic E-state index is 12.3. The van der Waals surface area contributed by atoms with Crippen molar-refractivity contribution in [2.45, 2.75) is 51.4 Å². The van der Waals surface area contributed by atoms with Crippen LogP contribution in [0.15, 0.2) is 34.2 Å². The Morgan fingerprint density at radius 3 is 2.81 bits per heavy atom. The monoisotopic (exact) mass is 375 g/mol. The first-order valence-electron chi connectivity index (χ1n) is 9.09. The number of rotatable bonds is 6. The quantitative estimate of drug-likeness (QED) is 0.552. The minimum absolute atomic E-state index is 0.0157. The zero-order valence-corrected chi connectivity index (χ0v) is 16.2. The lowest BCUT2D eigenvalue weighted by Crippen LogP contribution is -2.36. The number of hydrogen-bond donors (Lipinski definition) is 0. The van der Waals surface area contributed by atoms with Gasteiger partial charge in [0.1, 0.15) is 11.9 Å². The van der Waals surface area contributed by atoms with Crippen molar-refractivity contribution >= 4 is 17.7 Å². The van der Waals surface area contributed by atoms with E-state index in [9.17, 15) is 4.79 Å². The number of ether oxygens (including phenoxy) is 1. The maximum absolute atomic E-state index is 12.3. The van der Waals surface area contributed by atoms with Crippen LogP contribution in [0.2, 0.25) is 0 Å². The summed E-state index contributed by atoms with van der Waals surface area (Å²) >= 11 is 1.21. The van der Waals surface area contributed by atoms with E-state index in [1.54, 1.807) is 24.5 Å². The predicted octanol–water partition coefficient (Wildman–Crippen LogP) is 4.23. The van der Waals surface area contributed by atoms with Crippen molar-refractivity contribution in [2.75, 3.05) is 5.75 Å². The van der Waals surface area contributed by atoms with Crippen LogP contribution in [-0.4, -0.2) is 33.0 Å². The van der Waals surface area contributed by atoms with Crippen LogP contribution in [0.5, 0.6) is 0 Å². The molecule has 1 saturated carbocycles. The molecule has 2 aromatic heterocycles. The number of thioether (sulfide) groups is 1. The molecule has 0 aromatic carbocycles. The van der Waals surface area contributed by atoms with E-state index in [0.29, 0.717) is 28.9 Å². The highest BCUT2D eigenvalue weighted by Crippen LogP contribution is 2.35. The molecule has 1 aliphatic rings. The first-order valence-corrected chi connectivity index (χ1v) is 10.1. The molecular weight excluding hydrogens is 350 g/mol. The molecule has 7 heteroatoms. The molecule has 1 fully saturated rings. The second kappa shape index (κ2) is 8.66. The van der Waals surface area contributed by atoms with Crippen molar-refractivity contribution < 1.29 is 13.9 Å². The molecule has 0 radical (unpaired) electrons. The fraction of sp³-hybridized carbons (Fsp3) is 0.579. The van der Waals surface area contributed by atoms with E-state index < -0.39 is 0 Å². The summed E-state index contributed by atoms with van der Waals surface area (Å²) < 4.78 is 11.4. The molecule has 0 spiro atoms. The molecule has 2 aromatic rings. The lowest BCUT2D eigenvalue weighted by atomic mass is 9.75. The Hall–Kier alpha value is -1.89. The van der Waals surface area contributed by atoms with E-state index in [1.165, 1.54) is 18.2 Å². The number of pyridine rings is 1. The molecule has 140 valence electrons. The van der Waals surface area contributed by atoms with Crippen LogP contribution in [0.3, 0.4) is 0 Å². The summed E-state index contributed by atoms with van der Waals surface area (Å²) in [6.07, 6.45) is 6.64. The topological polar surface area (TPSA) is 78.1 Å². The minimum atomic E-state index is -0.219. The fourth-order valence-corrected chi connectivity index (χ4v) is 4.00. The summed E-state index contributed by atoms with van der Waals surface area (Å²) in [5.74, 6) is 1.95. The highest BCUT2D eigenvalue weighted by Gasteiger charge is 2.33. The molecule has 2 heterocycles. The lowest BCUT2D eigenvalue weighted by molar-refractivity contribution is -0.152. The first-order chi connectivity index (χ1) is 12.5. The molecule has 0 N–H and O–H groups in total. The van der Waals surface area contributed by atoms with Gasteiger partial charge < -0.3 is 9.15 Å². The van der Waals surface area contributed by atoms with Gasteiger partial charge in [0.05, 0.1) is 0 Å². The average Bonchev–Trinajstić information content (AvgIpc) is 3.09. The van der Waals surface area contributed by atoms with Crippen molar-refractivity contribution in [3.63, 3.8) is 0 Å². The molecule has 3 unspecified atom stereocenters. The molecule has 26 heavy (non-hydrogen) atoms. The van der Waals surface area contributed by atoms with Crippen LogP contribution in [0.4, 0.5) is 0 Å². The number of carbonyl (C=O) groups excluding carboxylic acids is 1. The first kappa shape index (κ1) is 18.9. The van der Waals surface area contributed by atoms with Gasteiger partial charge in [0, 0.05) is 18.0 Å². The van der Waals surface area contributed by atoms with E-state index >= 15 is 0 Å². The Balaban J connectivity index is 1.53. The van der Waals surface area contributed by atoms with Crippen molar-refractivity contribution in [3.8, 4) is 11.5 Å². The molecule has 6 nitrogen and oxygen atoms in total. The van der Waals surface area contributed by atoms with Gasteiger partial charge in [-0.2, -0.15) is 0 Å². The molecule has 1 aliphatic carbocycles. The van der Waals surface area contributed by atoms with E-state index in [-0.39, 0.29) is 17.8 Å². The minimum Gasteiger partial charge on any atom is -0.461 e. The molecule has 0 amide bonds. The Morgan fingerprint density at radius 2 is 2.08 bits per heavy atom. The van der Waals surface area contributed by atoms with Gasteiger partial charge in [0.25, 0.3) is 5.22 Å². The number of nitrogens with zero attached hydrogens (tertiary/aromatic N) is 3. The van der Waals surface area contributed by atoms with Crippen LogP contribution in [0.1, 0.15) is 40.0 Å². The summed E-state index contributed by atoms with van der Waals surface area (Å²) in [7, 11) is 0. The van der Waals surface area contributed by atoms with Gasteiger partial charge in [-0.15, -0.1) is 10.2 Å². The van der Waals surface area contributed by atoms with Crippen molar-refractivity contribution in [1.29, 1.82) is 0 Å². The lowest BCUT2D eigenvalue weighted by Gasteiger charge is -2.36. The molecule has 0 bridgehead atoms. The SMILES string of the molecule is CC1CCC(C(C)C)C(OC(=O)CSc2nnc(-c3ccncc3)o2)C1. The number of hydrogen-bond acceptors (Lipinski definition) is 7. The van der Waals surface area contributed by atoms with Crippen molar-refractivity contribution in [1.82, 2.24) is 15.2 Å². The van der Waals surface area contributed by atoms with Gasteiger partial charge in [-0.3, -0.25) is 9.78 Å². The van der Waals surface area contributed by atoms with Gasteiger partial charge in [-0.25, -0.2) is 0 Å². The Morgan fingerprint density at radius 1 is 1.31 bits per heavy atom. The largest absolute Gasteiger partial charge is 0.461 e. The summed E-state index contributed by atoms with van der Waals surface area (Å²) in [5.41, 5.74) is 0.804. The molecule has 0 saturated heterocycles. The van der Waals surface area contributed by atoms with Gasteiger partial charge in [0.15, 0.2) is 0 Å². The molecule has 0 aliphatic heterocycles. The Bertz CT molecular complexity index is 720. The zero-order chi connectivity index (χ0) is 18.5.